The fourth-order valence-electron chi connectivity index (χ4n) is 4.80. The largest absolute Gasteiger partial charge is 0.323 e. The van der Waals surface area contributed by atoms with Crippen LogP contribution in [0.4, 0.5) is 5.69 Å². The van der Waals surface area contributed by atoms with Crippen molar-refractivity contribution in [1.29, 1.82) is 5.26 Å². The summed E-state index contributed by atoms with van der Waals surface area (Å²) < 4.78 is 2.35. The van der Waals surface area contributed by atoms with E-state index in [1.807, 2.05) is 47.5 Å². The van der Waals surface area contributed by atoms with Gasteiger partial charge in [-0.15, -0.1) is 0 Å². The van der Waals surface area contributed by atoms with Crippen molar-refractivity contribution >= 4 is 23.2 Å². The van der Waals surface area contributed by atoms with Crippen LogP contribution in [0.25, 0.3) is 0 Å². The summed E-state index contributed by atoms with van der Waals surface area (Å²) in [7, 11) is 0. The number of hydrogen-bond acceptors (Lipinski definition) is 4. The van der Waals surface area contributed by atoms with E-state index in [9.17, 15) is 4.79 Å². The average Bonchev–Trinajstić information content (AvgIpc) is 3.22. The van der Waals surface area contributed by atoms with Crippen LogP contribution in [-0.2, 0) is 17.8 Å². The first-order valence-corrected chi connectivity index (χ1v) is 11.3. The number of fused-ring (bicyclic) bond motifs is 1. The molecular formula is C25H24ClN5O. The number of aryl methyl sites for hydroxylation is 1. The number of hydrogen-bond donors (Lipinski definition) is 0. The average molecular weight is 446 g/mol. The first-order valence-electron chi connectivity index (χ1n) is 11.0. The highest BCUT2D eigenvalue weighted by atomic mass is 35.5. The van der Waals surface area contributed by atoms with Gasteiger partial charge in [0.1, 0.15) is 5.82 Å². The van der Waals surface area contributed by atoms with E-state index in [1.54, 1.807) is 0 Å². The lowest BCUT2D eigenvalue weighted by Crippen LogP contribution is -2.50. The third-order valence-corrected chi connectivity index (χ3v) is 6.60. The number of nitriles is 1. The highest BCUT2D eigenvalue weighted by molar-refractivity contribution is 6.30. The van der Waals surface area contributed by atoms with E-state index in [1.165, 1.54) is 5.56 Å². The fourth-order valence-corrected chi connectivity index (χ4v) is 4.99. The molecule has 0 aliphatic carbocycles. The molecule has 6 nitrogen and oxygen atoms in total. The molecule has 3 aromatic rings. The summed E-state index contributed by atoms with van der Waals surface area (Å²) in [6.07, 6.45) is 5.07. The topological polar surface area (TPSA) is 65.2 Å². The third-order valence-electron chi connectivity index (χ3n) is 6.37. The fraction of sp³-hybridized carbons (Fsp3) is 0.320. The van der Waals surface area contributed by atoms with Gasteiger partial charge in [0.25, 0.3) is 0 Å². The molecule has 3 heterocycles. The molecule has 1 amide bonds. The molecule has 1 unspecified atom stereocenters. The van der Waals surface area contributed by atoms with Gasteiger partial charge in [0.05, 0.1) is 29.9 Å². The van der Waals surface area contributed by atoms with Gasteiger partial charge >= 0.3 is 0 Å². The summed E-state index contributed by atoms with van der Waals surface area (Å²) in [5, 5.41) is 9.74. The van der Waals surface area contributed by atoms with Crippen molar-refractivity contribution in [2.75, 3.05) is 24.5 Å². The summed E-state index contributed by atoms with van der Waals surface area (Å²) in [5.74, 6) is 1.19. The predicted octanol–water partition coefficient (Wildman–Crippen LogP) is 4.18. The molecule has 0 saturated carbocycles. The predicted molar refractivity (Wildman–Crippen MR) is 124 cm³/mol. The van der Waals surface area contributed by atoms with Gasteiger partial charge in [-0.05, 0) is 48.7 Å². The quantitative estimate of drug-likeness (QED) is 0.604. The summed E-state index contributed by atoms with van der Waals surface area (Å²) in [6.45, 7) is 2.49. The van der Waals surface area contributed by atoms with Gasteiger partial charge in [-0.2, -0.15) is 5.26 Å². The second kappa shape index (κ2) is 8.78. The zero-order valence-corrected chi connectivity index (χ0v) is 18.5. The number of halogens is 1. The van der Waals surface area contributed by atoms with Gasteiger partial charge in [0, 0.05) is 43.0 Å². The van der Waals surface area contributed by atoms with Crippen molar-refractivity contribution in [3.05, 3.63) is 82.4 Å². The third kappa shape index (κ3) is 4.02. The maximum absolute atomic E-state index is 12.9. The Morgan fingerprint density at radius 3 is 2.75 bits per heavy atom. The molecule has 2 aliphatic rings. The van der Waals surface area contributed by atoms with Gasteiger partial charge in [0.2, 0.25) is 5.91 Å². The molecule has 1 aromatic heterocycles. The monoisotopic (exact) mass is 445 g/mol. The molecule has 1 fully saturated rings. The highest BCUT2D eigenvalue weighted by Gasteiger charge is 2.29. The molecule has 5 rings (SSSR count). The van der Waals surface area contributed by atoms with E-state index in [0.717, 1.165) is 43.0 Å². The SMILES string of the molecule is N#Cc1ccc(C2CCCc3ncc(CN4CCN(c5cccc(Cl)c5)C(=O)C4)n32)cc1. The second-order valence-corrected chi connectivity index (χ2v) is 8.85. The molecule has 0 radical (unpaired) electrons. The zero-order chi connectivity index (χ0) is 22.1. The number of carbonyl (C=O) groups excluding carboxylic acids is 1. The summed E-state index contributed by atoms with van der Waals surface area (Å²) in [4.78, 5) is 21.6. The maximum Gasteiger partial charge on any atom is 0.241 e. The van der Waals surface area contributed by atoms with Crippen LogP contribution in [0.15, 0.2) is 54.7 Å². The number of imidazole rings is 1. The van der Waals surface area contributed by atoms with Crippen molar-refractivity contribution in [1.82, 2.24) is 14.5 Å². The number of benzene rings is 2. The Labute approximate surface area is 192 Å². The standard InChI is InChI=1S/C25H24ClN5O/c26-20-3-1-4-21(13-20)30-12-11-29(17-25(30)32)16-22-15-28-24-6-2-5-23(31(22)24)19-9-7-18(14-27)8-10-19/h1,3-4,7-10,13,15,23H,2,5-6,11-12,16-17H2. The van der Waals surface area contributed by atoms with Gasteiger partial charge in [-0.3, -0.25) is 9.69 Å². The highest BCUT2D eigenvalue weighted by Crippen LogP contribution is 2.33. The van der Waals surface area contributed by atoms with E-state index in [-0.39, 0.29) is 11.9 Å². The number of nitrogens with zero attached hydrogens (tertiary/aromatic N) is 5. The Kier molecular flexibility index (Phi) is 5.69. The smallest absolute Gasteiger partial charge is 0.241 e. The summed E-state index contributed by atoms with van der Waals surface area (Å²) >= 11 is 6.11. The summed E-state index contributed by atoms with van der Waals surface area (Å²) in [6, 6.07) is 17.7. The Bertz CT molecular complexity index is 1180. The number of anilines is 1. The van der Waals surface area contributed by atoms with Crippen LogP contribution in [0.3, 0.4) is 0 Å². The number of carbonyl (C=O) groups is 1. The Hall–Kier alpha value is -3.14. The van der Waals surface area contributed by atoms with E-state index < -0.39 is 0 Å². The lowest BCUT2D eigenvalue weighted by atomic mass is 9.96. The van der Waals surface area contributed by atoms with Crippen molar-refractivity contribution in [3.63, 3.8) is 0 Å². The molecule has 2 aromatic carbocycles. The molecule has 1 atom stereocenters. The number of rotatable bonds is 4. The first kappa shape index (κ1) is 20.7. The zero-order valence-electron chi connectivity index (χ0n) is 17.7. The molecule has 32 heavy (non-hydrogen) atoms. The minimum Gasteiger partial charge on any atom is -0.323 e. The Morgan fingerprint density at radius 2 is 2.00 bits per heavy atom. The summed E-state index contributed by atoms with van der Waals surface area (Å²) in [5.41, 5.74) is 3.86. The van der Waals surface area contributed by atoms with Gasteiger partial charge in [-0.25, -0.2) is 4.98 Å². The first-order chi connectivity index (χ1) is 15.6. The minimum atomic E-state index is 0.0838. The van der Waals surface area contributed by atoms with Crippen molar-refractivity contribution in [2.24, 2.45) is 0 Å². The molecule has 0 N–H and O–H groups in total. The van der Waals surface area contributed by atoms with Crippen LogP contribution >= 0.6 is 11.6 Å². The van der Waals surface area contributed by atoms with E-state index in [2.05, 4.69) is 27.7 Å². The number of piperazine rings is 1. The number of amides is 1. The number of aromatic nitrogens is 2. The molecule has 1 saturated heterocycles. The van der Waals surface area contributed by atoms with Crippen LogP contribution < -0.4 is 4.90 Å². The van der Waals surface area contributed by atoms with Crippen molar-refractivity contribution in [3.8, 4) is 6.07 Å². The normalized spacial score (nSPS) is 18.9. The maximum atomic E-state index is 12.9. The van der Waals surface area contributed by atoms with Crippen molar-refractivity contribution in [2.45, 2.75) is 31.8 Å². The second-order valence-electron chi connectivity index (χ2n) is 8.41. The lowest BCUT2D eigenvalue weighted by Gasteiger charge is -2.35. The minimum absolute atomic E-state index is 0.0838. The van der Waals surface area contributed by atoms with Crippen LogP contribution in [-0.4, -0.2) is 40.0 Å². The van der Waals surface area contributed by atoms with Gasteiger partial charge in [-0.1, -0.05) is 29.8 Å². The van der Waals surface area contributed by atoms with Crippen LogP contribution in [0.5, 0.6) is 0 Å². The van der Waals surface area contributed by atoms with E-state index >= 15 is 0 Å². The van der Waals surface area contributed by atoms with E-state index in [0.29, 0.717) is 30.2 Å². The molecule has 162 valence electrons. The molecule has 0 spiro atoms. The van der Waals surface area contributed by atoms with Crippen LogP contribution in [0.2, 0.25) is 5.02 Å². The Balaban J connectivity index is 1.33. The van der Waals surface area contributed by atoms with Crippen LogP contribution in [0, 0.1) is 11.3 Å². The molecule has 0 bridgehead atoms. The van der Waals surface area contributed by atoms with Gasteiger partial charge in [0.15, 0.2) is 0 Å². The molecule has 2 aliphatic heterocycles. The molecule has 7 heteroatoms. The van der Waals surface area contributed by atoms with Gasteiger partial charge < -0.3 is 9.47 Å². The van der Waals surface area contributed by atoms with Crippen molar-refractivity contribution < 1.29 is 4.79 Å². The van der Waals surface area contributed by atoms with Crippen LogP contribution in [0.1, 0.15) is 41.5 Å². The lowest BCUT2D eigenvalue weighted by molar-refractivity contribution is -0.121. The Morgan fingerprint density at radius 1 is 1.16 bits per heavy atom. The van der Waals surface area contributed by atoms with E-state index in [4.69, 9.17) is 21.8 Å². The molecular weight excluding hydrogens is 422 g/mol.